The van der Waals surface area contributed by atoms with E-state index in [-0.39, 0.29) is 48.7 Å². The van der Waals surface area contributed by atoms with Gasteiger partial charge in [-0.3, -0.25) is 0 Å². The second kappa shape index (κ2) is 22.6. The molecule has 0 aliphatic heterocycles. The van der Waals surface area contributed by atoms with E-state index in [1.807, 2.05) is 0 Å². The third-order valence-electron chi connectivity index (χ3n) is 0. The van der Waals surface area contributed by atoms with Crippen LogP contribution in [0.2, 0.25) is 0 Å². The van der Waals surface area contributed by atoms with Crippen LogP contribution in [0.15, 0.2) is 0 Å². The topological polar surface area (TPSA) is 184 Å². The Balaban J connectivity index is -0.0000000171. The summed E-state index contributed by atoms with van der Waals surface area (Å²) in [5.41, 5.74) is 0. The molecule has 0 aliphatic rings. The first-order valence-electron chi connectivity index (χ1n) is 1.26. The standard InChI is InChI=1S/2CH2O3.Ca.2H2O/c2*2-1(3)4;;;/h2*(H2,2,3,4);;2*1H2/q;;+2;;/p-2. The summed E-state index contributed by atoms with van der Waals surface area (Å²) >= 11 is 0. The van der Waals surface area contributed by atoms with Gasteiger partial charge < -0.3 is 41.0 Å². The van der Waals surface area contributed by atoms with Crippen molar-refractivity contribution in [2.75, 3.05) is 0 Å². The molecule has 0 aliphatic carbocycles. The molecule has 0 fully saturated rings. The van der Waals surface area contributed by atoms with Gasteiger partial charge >= 0.3 is 37.7 Å². The molecule has 0 aromatic carbocycles. The van der Waals surface area contributed by atoms with Crippen molar-refractivity contribution in [1.29, 1.82) is 0 Å². The molecule has 11 heavy (non-hydrogen) atoms. The zero-order valence-corrected chi connectivity index (χ0v) is 7.44. The van der Waals surface area contributed by atoms with Gasteiger partial charge in [0.15, 0.2) is 0 Å². The molecule has 8 nitrogen and oxygen atoms in total. The van der Waals surface area contributed by atoms with Crippen LogP contribution in [0.3, 0.4) is 0 Å². The van der Waals surface area contributed by atoms with Crippen LogP contribution in [0.25, 0.3) is 0 Å². The van der Waals surface area contributed by atoms with E-state index in [0.29, 0.717) is 0 Å². The summed E-state index contributed by atoms with van der Waals surface area (Å²) in [6, 6.07) is 0. The molecule has 0 radical (unpaired) electrons. The zero-order valence-electron chi connectivity index (χ0n) is 5.23. The Morgan fingerprint density at radius 2 is 0.909 bits per heavy atom. The van der Waals surface area contributed by atoms with E-state index >= 15 is 0 Å². The van der Waals surface area contributed by atoms with Gasteiger partial charge in [0.05, 0.1) is 0 Å². The van der Waals surface area contributed by atoms with Gasteiger partial charge in [0.1, 0.15) is 0 Å². The maximum Gasteiger partial charge on any atom is 2.00 e. The molecule has 64 valence electrons. The van der Waals surface area contributed by atoms with E-state index in [9.17, 15) is 0 Å². The third-order valence-corrected chi connectivity index (χ3v) is 0. The van der Waals surface area contributed by atoms with E-state index in [0.717, 1.165) is 0 Å². The van der Waals surface area contributed by atoms with Crippen molar-refractivity contribution in [3.63, 3.8) is 0 Å². The van der Waals surface area contributed by atoms with E-state index in [2.05, 4.69) is 0 Å². The molecule has 0 unspecified atom stereocenters. The van der Waals surface area contributed by atoms with Gasteiger partial charge in [-0.25, -0.2) is 0 Å². The smallest absolute Gasteiger partial charge is 0.565 e. The average Bonchev–Trinajstić information content (AvgIpc) is 1.25. The van der Waals surface area contributed by atoms with Gasteiger partial charge in [0, 0.05) is 0 Å². The summed E-state index contributed by atoms with van der Waals surface area (Å²) in [6.07, 6.45) is -4.17. The maximum atomic E-state index is 8.44. The van der Waals surface area contributed by atoms with Crippen LogP contribution in [0.5, 0.6) is 0 Å². The van der Waals surface area contributed by atoms with E-state index in [4.69, 9.17) is 30.0 Å². The van der Waals surface area contributed by atoms with Gasteiger partial charge in [-0.1, -0.05) is 0 Å². The maximum absolute atomic E-state index is 8.44. The monoisotopic (exact) mass is 198 g/mol. The summed E-state index contributed by atoms with van der Waals surface area (Å²) in [6.45, 7) is 0. The summed E-state index contributed by atoms with van der Waals surface area (Å²) < 4.78 is 0. The van der Waals surface area contributed by atoms with Gasteiger partial charge in [-0.15, -0.1) is 0 Å². The predicted octanol–water partition coefficient (Wildman–Crippen LogP) is -4.25. The molecule has 0 aromatic heterocycles. The Kier molecular flexibility index (Phi) is 63.6. The second-order valence-electron chi connectivity index (χ2n) is 0.532. The predicted molar refractivity (Wildman–Crippen MR) is 29.0 cm³/mol. The van der Waals surface area contributed by atoms with E-state index in [1.165, 1.54) is 0 Å². The fourth-order valence-electron chi connectivity index (χ4n) is 0. The molecule has 0 bridgehead atoms. The zero-order chi connectivity index (χ0) is 7.15. The SMILES string of the molecule is O.O.O=C([O-])O.O=C([O-])O.[Ca+2]. The van der Waals surface area contributed by atoms with Crippen LogP contribution >= 0.6 is 0 Å². The van der Waals surface area contributed by atoms with Crippen LogP contribution < -0.4 is 10.2 Å². The van der Waals surface area contributed by atoms with Crippen molar-refractivity contribution < 1.29 is 41.0 Å². The fraction of sp³-hybridized carbons (Fsp3) is 0. The first kappa shape index (κ1) is 31.0. The number of hydrogen-bond donors (Lipinski definition) is 2. The Morgan fingerprint density at radius 3 is 0.909 bits per heavy atom. The average molecular weight is 198 g/mol. The number of hydrogen-bond acceptors (Lipinski definition) is 4. The van der Waals surface area contributed by atoms with Crippen LogP contribution in [-0.4, -0.2) is 71.2 Å². The quantitative estimate of drug-likeness (QED) is 0.371. The molecule has 6 N–H and O–H groups in total. The molecule has 0 atom stereocenters. The minimum atomic E-state index is -2.08. The molecule has 0 saturated carbocycles. The molecule has 0 spiro atoms. The van der Waals surface area contributed by atoms with Crippen LogP contribution in [0.1, 0.15) is 0 Å². The van der Waals surface area contributed by atoms with Crippen molar-refractivity contribution in [1.82, 2.24) is 0 Å². The van der Waals surface area contributed by atoms with Gasteiger partial charge in [0.2, 0.25) is 12.3 Å². The van der Waals surface area contributed by atoms with Crippen LogP contribution in [-0.2, 0) is 0 Å². The first-order chi connectivity index (χ1) is 3.46. The van der Waals surface area contributed by atoms with E-state index < -0.39 is 12.3 Å². The molecular formula is C2H6CaO8. The van der Waals surface area contributed by atoms with Crippen molar-refractivity contribution in [3.8, 4) is 0 Å². The summed E-state index contributed by atoms with van der Waals surface area (Å²) in [5, 5.41) is 30.6. The van der Waals surface area contributed by atoms with E-state index in [1.54, 1.807) is 0 Å². The number of rotatable bonds is 0. The van der Waals surface area contributed by atoms with Crippen LogP contribution in [0, 0.1) is 0 Å². The molecular weight excluding hydrogens is 192 g/mol. The van der Waals surface area contributed by atoms with Crippen LogP contribution in [0.4, 0.5) is 9.59 Å². The van der Waals surface area contributed by atoms with Crippen molar-refractivity contribution >= 4 is 50.0 Å². The van der Waals surface area contributed by atoms with Gasteiger partial charge in [-0.2, -0.15) is 0 Å². The Labute approximate surface area is 90.7 Å². The number of carbonyl (C=O) groups is 2. The molecule has 0 saturated heterocycles. The second-order valence-corrected chi connectivity index (χ2v) is 0.532. The summed E-state index contributed by atoms with van der Waals surface area (Å²) in [7, 11) is 0. The summed E-state index contributed by atoms with van der Waals surface area (Å²) in [4.78, 5) is 16.9. The van der Waals surface area contributed by atoms with Gasteiger partial charge in [0.25, 0.3) is 0 Å². The Hall–Kier alpha value is -0.280. The first-order valence-corrected chi connectivity index (χ1v) is 1.26. The molecule has 0 aromatic rings. The van der Waals surface area contributed by atoms with Gasteiger partial charge in [-0.05, 0) is 0 Å². The molecule has 0 amide bonds. The molecule has 0 heterocycles. The molecule has 0 rings (SSSR count). The largest absolute Gasteiger partial charge is 2.00 e. The Morgan fingerprint density at radius 1 is 0.909 bits per heavy atom. The van der Waals surface area contributed by atoms with Crippen molar-refractivity contribution in [2.24, 2.45) is 0 Å². The van der Waals surface area contributed by atoms with Crippen molar-refractivity contribution in [3.05, 3.63) is 0 Å². The third kappa shape index (κ3) is 7370. The van der Waals surface area contributed by atoms with Crippen molar-refractivity contribution in [2.45, 2.75) is 0 Å². The molecule has 9 heteroatoms. The summed E-state index contributed by atoms with van der Waals surface area (Å²) in [5.74, 6) is 0. The fourth-order valence-corrected chi connectivity index (χ4v) is 0. The minimum Gasteiger partial charge on any atom is -0.565 e. The normalized spacial score (nSPS) is 4.36. The Bertz CT molecular complexity index is 70.1. The number of carboxylic acid groups (broad SMARTS) is 4. The minimum absolute atomic E-state index is 0.